The predicted molar refractivity (Wildman–Crippen MR) is 64.0 cm³/mol. The van der Waals surface area contributed by atoms with E-state index in [4.69, 9.17) is 4.74 Å². The summed E-state index contributed by atoms with van der Waals surface area (Å²) in [6, 6.07) is 5.05. The lowest BCUT2D eigenvalue weighted by molar-refractivity contribution is 0.373. The van der Waals surface area contributed by atoms with Crippen LogP contribution in [0.4, 0.5) is 5.13 Å². The van der Waals surface area contributed by atoms with Gasteiger partial charge in [0.1, 0.15) is 0 Å². The molecule has 0 aliphatic carbocycles. The highest BCUT2D eigenvalue weighted by atomic mass is 32.1. The van der Waals surface area contributed by atoms with Crippen LogP contribution in [0, 0.1) is 0 Å². The number of aromatic hydroxyl groups is 1. The van der Waals surface area contributed by atoms with Crippen LogP contribution in [0.25, 0.3) is 0 Å². The van der Waals surface area contributed by atoms with Gasteiger partial charge in [0.25, 0.3) is 0 Å². The van der Waals surface area contributed by atoms with Crippen LogP contribution in [0.15, 0.2) is 34.8 Å². The van der Waals surface area contributed by atoms with Crippen LogP contribution in [-0.4, -0.2) is 23.4 Å². The van der Waals surface area contributed by atoms with Crippen LogP contribution in [0.5, 0.6) is 11.5 Å². The van der Waals surface area contributed by atoms with E-state index in [1.807, 2.05) is 5.38 Å². The third-order valence-corrected chi connectivity index (χ3v) is 2.63. The summed E-state index contributed by atoms with van der Waals surface area (Å²) in [6.07, 6.45) is 3.38. The molecule has 1 N–H and O–H groups in total. The number of rotatable bonds is 3. The van der Waals surface area contributed by atoms with E-state index in [9.17, 15) is 5.11 Å². The van der Waals surface area contributed by atoms with Gasteiger partial charge in [0.15, 0.2) is 11.5 Å². The van der Waals surface area contributed by atoms with Crippen LogP contribution in [0.2, 0.25) is 0 Å². The fraction of sp³-hybridized carbons (Fsp3) is 0.0909. The minimum Gasteiger partial charge on any atom is -0.504 e. The summed E-state index contributed by atoms with van der Waals surface area (Å²) in [5.74, 6) is 0.553. The highest BCUT2D eigenvalue weighted by molar-refractivity contribution is 7.13. The molecule has 2 aromatic rings. The number of phenolic OH excluding ortho intramolecular Hbond substituents is 1. The van der Waals surface area contributed by atoms with Gasteiger partial charge in [0, 0.05) is 17.8 Å². The molecule has 0 fully saturated rings. The molecule has 1 aromatic carbocycles. The van der Waals surface area contributed by atoms with Gasteiger partial charge >= 0.3 is 0 Å². The van der Waals surface area contributed by atoms with Gasteiger partial charge in [-0.3, -0.25) is 0 Å². The Morgan fingerprint density at radius 1 is 1.50 bits per heavy atom. The molecule has 16 heavy (non-hydrogen) atoms. The van der Waals surface area contributed by atoms with Crippen LogP contribution in [0.1, 0.15) is 5.56 Å². The molecule has 82 valence electrons. The summed E-state index contributed by atoms with van der Waals surface area (Å²) in [6.45, 7) is 0. The normalized spacial score (nSPS) is 10.8. The Balaban J connectivity index is 2.22. The number of hydrogen-bond acceptors (Lipinski definition) is 5. The first-order chi connectivity index (χ1) is 7.79. The monoisotopic (exact) mass is 234 g/mol. The zero-order chi connectivity index (χ0) is 11.4. The molecular formula is C11H10N2O2S. The van der Waals surface area contributed by atoms with Gasteiger partial charge in [-0.15, -0.1) is 11.3 Å². The molecule has 0 saturated carbocycles. The molecule has 0 unspecified atom stereocenters. The average Bonchev–Trinajstić information content (AvgIpc) is 2.81. The Bertz CT molecular complexity index is 495. The maximum Gasteiger partial charge on any atom is 0.208 e. The van der Waals surface area contributed by atoms with Crippen molar-refractivity contribution in [3.8, 4) is 11.5 Å². The number of benzene rings is 1. The summed E-state index contributed by atoms with van der Waals surface area (Å²) in [4.78, 5) is 8.22. The second kappa shape index (κ2) is 4.76. The molecule has 1 aromatic heterocycles. The fourth-order valence-corrected chi connectivity index (χ4v) is 1.66. The number of nitrogens with zero attached hydrogens (tertiary/aromatic N) is 2. The lowest BCUT2D eigenvalue weighted by atomic mass is 10.2. The van der Waals surface area contributed by atoms with E-state index >= 15 is 0 Å². The number of thiazole rings is 1. The summed E-state index contributed by atoms with van der Waals surface area (Å²) >= 11 is 1.47. The van der Waals surface area contributed by atoms with Gasteiger partial charge in [0.2, 0.25) is 5.13 Å². The second-order valence-electron chi connectivity index (χ2n) is 3.00. The summed E-state index contributed by atoms with van der Waals surface area (Å²) in [5.41, 5.74) is 0.852. The third-order valence-electron chi connectivity index (χ3n) is 1.95. The Kier molecular flexibility index (Phi) is 3.16. The molecule has 1 heterocycles. The number of aromatic nitrogens is 1. The van der Waals surface area contributed by atoms with Crippen molar-refractivity contribution >= 4 is 22.7 Å². The second-order valence-corrected chi connectivity index (χ2v) is 3.88. The Morgan fingerprint density at radius 3 is 3.06 bits per heavy atom. The molecule has 0 aliphatic heterocycles. The quantitative estimate of drug-likeness (QED) is 0.830. The standard InChI is InChI=1S/C11H10N2O2S/c1-15-10-6-8(2-3-9(10)14)7-13-11-12-4-5-16-11/h2-7,14H,1H3/b13-7-. The minimum atomic E-state index is 0.119. The van der Waals surface area contributed by atoms with Crippen molar-refractivity contribution in [2.45, 2.75) is 0 Å². The molecule has 0 saturated heterocycles. The molecule has 2 rings (SSSR count). The van der Waals surface area contributed by atoms with Crippen LogP contribution in [0.3, 0.4) is 0 Å². The maximum absolute atomic E-state index is 9.41. The topological polar surface area (TPSA) is 54.7 Å². The molecule has 0 bridgehead atoms. The molecule has 0 radical (unpaired) electrons. The third kappa shape index (κ3) is 2.38. The largest absolute Gasteiger partial charge is 0.504 e. The zero-order valence-electron chi connectivity index (χ0n) is 8.62. The molecule has 0 atom stereocenters. The number of aliphatic imine (C=N–C) groups is 1. The Labute approximate surface area is 96.9 Å². The predicted octanol–water partition coefficient (Wildman–Crippen LogP) is 2.61. The van der Waals surface area contributed by atoms with E-state index in [2.05, 4.69) is 9.98 Å². The maximum atomic E-state index is 9.41. The van der Waals surface area contributed by atoms with E-state index < -0.39 is 0 Å². The lowest BCUT2D eigenvalue weighted by Crippen LogP contribution is -1.86. The zero-order valence-corrected chi connectivity index (χ0v) is 9.44. The van der Waals surface area contributed by atoms with Crippen molar-refractivity contribution in [3.05, 3.63) is 35.3 Å². The van der Waals surface area contributed by atoms with Crippen molar-refractivity contribution < 1.29 is 9.84 Å². The Hall–Kier alpha value is -1.88. The molecular weight excluding hydrogens is 224 g/mol. The van der Waals surface area contributed by atoms with Gasteiger partial charge in [-0.2, -0.15) is 0 Å². The Morgan fingerprint density at radius 2 is 2.38 bits per heavy atom. The first-order valence-corrected chi connectivity index (χ1v) is 5.48. The van der Waals surface area contributed by atoms with Crippen LogP contribution < -0.4 is 4.74 Å². The minimum absolute atomic E-state index is 0.119. The van der Waals surface area contributed by atoms with Crippen molar-refractivity contribution in [3.63, 3.8) is 0 Å². The number of ether oxygens (including phenoxy) is 1. The van der Waals surface area contributed by atoms with E-state index in [1.54, 1.807) is 30.6 Å². The van der Waals surface area contributed by atoms with Gasteiger partial charge in [-0.25, -0.2) is 9.98 Å². The first-order valence-electron chi connectivity index (χ1n) is 4.60. The fourth-order valence-electron chi connectivity index (χ4n) is 1.18. The number of phenols is 1. The molecule has 5 heteroatoms. The molecule has 0 amide bonds. The SMILES string of the molecule is COc1cc(/C=N\c2nccs2)ccc1O. The van der Waals surface area contributed by atoms with E-state index in [-0.39, 0.29) is 5.75 Å². The molecule has 4 nitrogen and oxygen atoms in total. The molecule has 0 spiro atoms. The highest BCUT2D eigenvalue weighted by Gasteiger charge is 2.00. The average molecular weight is 234 g/mol. The van der Waals surface area contributed by atoms with Gasteiger partial charge in [0.05, 0.1) is 7.11 Å². The highest BCUT2D eigenvalue weighted by Crippen LogP contribution is 2.25. The van der Waals surface area contributed by atoms with Crippen molar-refractivity contribution in [2.24, 2.45) is 4.99 Å². The number of hydrogen-bond donors (Lipinski definition) is 1. The van der Waals surface area contributed by atoms with Crippen LogP contribution >= 0.6 is 11.3 Å². The lowest BCUT2D eigenvalue weighted by Gasteiger charge is -2.02. The van der Waals surface area contributed by atoms with Gasteiger partial charge < -0.3 is 9.84 Å². The smallest absolute Gasteiger partial charge is 0.208 e. The van der Waals surface area contributed by atoms with E-state index in [1.165, 1.54) is 18.4 Å². The van der Waals surface area contributed by atoms with Crippen molar-refractivity contribution in [1.82, 2.24) is 4.98 Å². The van der Waals surface area contributed by atoms with E-state index in [0.717, 1.165) is 5.56 Å². The first kappa shape index (κ1) is 10.6. The summed E-state index contributed by atoms with van der Waals surface area (Å²) < 4.78 is 5.00. The summed E-state index contributed by atoms with van der Waals surface area (Å²) in [7, 11) is 1.51. The summed E-state index contributed by atoms with van der Waals surface area (Å²) in [5, 5.41) is 12.0. The van der Waals surface area contributed by atoms with Gasteiger partial charge in [-0.05, 0) is 23.8 Å². The molecule has 0 aliphatic rings. The van der Waals surface area contributed by atoms with E-state index in [0.29, 0.717) is 10.9 Å². The van der Waals surface area contributed by atoms with Crippen molar-refractivity contribution in [1.29, 1.82) is 0 Å². The van der Waals surface area contributed by atoms with Gasteiger partial charge in [-0.1, -0.05) is 0 Å². The number of methoxy groups -OCH3 is 1. The van der Waals surface area contributed by atoms with Crippen LogP contribution in [-0.2, 0) is 0 Å². The van der Waals surface area contributed by atoms with Crippen molar-refractivity contribution in [2.75, 3.05) is 7.11 Å².